The van der Waals surface area contributed by atoms with Crippen LogP contribution in [0, 0.1) is 17.0 Å². The average molecular weight is 736 g/mol. The van der Waals surface area contributed by atoms with Crippen LogP contribution in [0.5, 0.6) is 0 Å². The topological polar surface area (TPSA) is 120 Å². The van der Waals surface area contributed by atoms with Gasteiger partial charge in [-0.3, -0.25) is 24.5 Å². The van der Waals surface area contributed by atoms with Crippen LogP contribution in [0.3, 0.4) is 0 Å². The summed E-state index contributed by atoms with van der Waals surface area (Å²) in [6.45, 7) is 4.10. The number of anilines is 2. The Morgan fingerprint density at radius 1 is 0.942 bits per heavy atom. The summed E-state index contributed by atoms with van der Waals surface area (Å²) in [6, 6.07) is 11.0. The maximum atomic E-state index is 15.3. The summed E-state index contributed by atoms with van der Waals surface area (Å²) in [7, 11) is 3.63. The van der Waals surface area contributed by atoms with Crippen LogP contribution in [0.15, 0.2) is 47.4 Å². The molecule has 4 aliphatic heterocycles. The Kier molecular flexibility index (Phi) is 10.1. The molecule has 0 aliphatic carbocycles. The van der Waals surface area contributed by atoms with E-state index >= 15 is 8.78 Å². The molecule has 5 heterocycles. The van der Waals surface area contributed by atoms with E-state index in [4.69, 9.17) is 11.6 Å². The molecule has 1 unspecified atom stereocenters. The van der Waals surface area contributed by atoms with Gasteiger partial charge in [-0.1, -0.05) is 29.8 Å². The molecule has 0 radical (unpaired) electrons. The predicted octanol–water partition coefficient (Wildman–Crippen LogP) is 4.65. The maximum Gasteiger partial charge on any atom is 0.287 e. The summed E-state index contributed by atoms with van der Waals surface area (Å²) in [5.41, 5.74) is 2.21. The van der Waals surface area contributed by atoms with Crippen molar-refractivity contribution in [3.63, 3.8) is 0 Å². The highest BCUT2D eigenvalue weighted by molar-refractivity contribution is 6.32. The van der Waals surface area contributed by atoms with Crippen LogP contribution in [-0.2, 0) is 16.6 Å². The Morgan fingerprint density at radius 3 is 2.33 bits per heavy atom. The van der Waals surface area contributed by atoms with E-state index in [1.807, 2.05) is 34.1 Å². The molecule has 0 saturated carbocycles. The fourth-order valence-corrected chi connectivity index (χ4v) is 8.77. The number of benzene rings is 2. The van der Waals surface area contributed by atoms with Gasteiger partial charge in [-0.2, -0.15) is 5.10 Å². The second kappa shape index (κ2) is 14.6. The van der Waals surface area contributed by atoms with Crippen molar-refractivity contribution in [1.29, 1.82) is 0 Å². The molecular weight excluding hydrogens is 692 g/mol. The number of likely N-dealkylation sites (tertiary alicyclic amines) is 2. The highest BCUT2D eigenvalue weighted by Gasteiger charge is 2.40. The molecule has 3 amide bonds. The maximum absolute atomic E-state index is 15.3. The van der Waals surface area contributed by atoms with Crippen LogP contribution in [0.4, 0.5) is 20.2 Å². The summed E-state index contributed by atoms with van der Waals surface area (Å²) < 4.78 is 31.8. The molecule has 4 aliphatic rings. The second-order valence-electron chi connectivity index (χ2n) is 15.0. The van der Waals surface area contributed by atoms with Crippen molar-refractivity contribution in [1.82, 2.24) is 24.9 Å². The number of amides is 3. The lowest BCUT2D eigenvalue weighted by molar-refractivity contribution is -0.134. The minimum Gasteiger partial charge on any atom is -0.378 e. The van der Waals surface area contributed by atoms with Crippen molar-refractivity contribution in [3.05, 3.63) is 86.3 Å². The van der Waals surface area contributed by atoms with E-state index < -0.39 is 29.4 Å². The van der Waals surface area contributed by atoms with Gasteiger partial charge in [-0.25, -0.2) is 13.5 Å². The standard InChI is InChI=1S/C38H44ClF2N7O4/c1-45-21-25(19-26(22-45)43-29-20-42-46(2)37(52)32(29)39)23-3-5-24(6-4-23)36(51)48-17-13-38(14-18-48)11-15-47(16-12-38)30-9-7-27(33(40)34(30)41)28-8-10-31(49)44-35(28)50/h3-7,9,20,25-26,28,43H,8,10-19,21-22H2,1-2H3,(H,44,49,50)/t25-,26+,28?/m1/s1. The van der Waals surface area contributed by atoms with Crippen molar-refractivity contribution >= 4 is 40.7 Å². The van der Waals surface area contributed by atoms with Crippen LogP contribution in [-0.4, -0.2) is 89.7 Å². The molecule has 4 fully saturated rings. The van der Waals surface area contributed by atoms with E-state index in [0.29, 0.717) is 37.4 Å². The fraction of sp³-hybridized carbons (Fsp3) is 0.500. The molecule has 14 heteroatoms. The highest BCUT2D eigenvalue weighted by atomic mass is 35.5. The third kappa shape index (κ3) is 7.17. The van der Waals surface area contributed by atoms with E-state index in [1.165, 1.54) is 10.7 Å². The van der Waals surface area contributed by atoms with Gasteiger partial charge in [0.05, 0.1) is 23.5 Å². The van der Waals surface area contributed by atoms with Gasteiger partial charge < -0.3 is 20.0 Å². The smallest absolute Gasteiger partial charge is 0.287 e. The summed E-state index contributed by atoms with van der Waals surface area (Å²) in [4.78, 5) is 55.6. The van der Waals surface area contributed by atoms with Crippen LogP contribution >= 0.6 is 11.6 Å². The molecule has 0 bridgehead atoms. The summed E-state index contributed by atoms with van der Waals surface area (Å²) >= 11 is 6.30. The van der Waals surface area contributed by atoms with Gasteiger partial charge >= 0.3 is 0 Å². The zero-order chi connectivity index (χ0) is 36.7. The van der Waals surface area contributed by atoms with Crippen LogP contribution in [0.2, 0.25) is 5.02 Å². The molecule has 2 N–H and O–H groups in total. The molecular formula is C38H44ClF2N7O4. The third-order valence-electron chi connectivity index (χ3n) is 11.7. The first-order valence-electron chi connectivity index (χ1n) is 18.0. The highest BCUT2D eigenvalue weighted by Crippen LogP contribution is 2.43. The van der Waals surface area contributed by atoms with E-state index in [0.717, 1.165) is 50.8 Å². The number of aromatic nitrogens is 2. The quantitative estimate of drug-likeness (QED) is 0.352. The monoisotopic (exact) mass is 735 g/mol. The Labute approximate surface area is 306 Å². The number of rotatable bonds is 6. The molecule has 7 rings (SSSR count). The zero-order valence-electron chi connectivity index (χ0n) is 29.5. The Hall–Kier alpha value is -4.36. The van der Waals surface area contributed by atoms with E-state index in [2.05, 4.69) is 27.7 Å². The molecule has 3 aromatic rings. The first kappa shape index (κ1) is 36.0. The molecule has 2 aromatic carbocycles. The average Bonchev–Trinajstić information content (AvgIpc) is 3.14. The number of hydrogen-bond acceptors (Lipinski definition) is 8. The van der Waals surface area contributed by atoms with Gasteiger partial charge in [0.15, 0.2) is 11.6 Å². The minimum atomic E-state index is -1.03. The van der Waals surface area contributed by atoms with Crippen molar-refractivity contribution in [2.24, 2.45) is 12.5 Å². The van der Waals surface area contributed by atoms with E-state index in [9.17, 15) is 19.2 Å². The predicted molar refractivity (Wildman–Crippen MR) is 194 cm³/mol. The lowest BCUT2D eigenvalue weighted by Gasteiger charge is -2.47. The summed E-state index contributed by atoms with van der Waals surface area (Å²) in [5.74, 6) is -3.62. The molecule has 1 spiro atoms. The van der Waals surface area contributed by atoms with Crippen molar-refractivity contribution in [2.75, 3.05) is 56.5 Å². The largest absolute Gasteiger partial charge is 0.378 e. The lowest BCUT2D eigenvalue weighted by atomic mass is 9.71. The van der Waals surface area contributed by atoms with E-state index in [-0.39, 0.29) is 58.0 Å². The van der Waals surface area contributed by atoms with Gasteiger partial charge in [0.25, 0.3) is 11.5 Å². The number of likely N-dealkylation sites (N-methyl/N-ethyl adjacent to an activating group) is 1. The Balaban J connectivity index is 0.923. The van der Waals surface area contributed by atoms with Gasteiger partial charge in [0.2, 0.25) is 11.8 Å². The normalized spacial score (nSPS) is 23.8. The minimum absolute atomic E-state index is 0.0144. The van der Waals surface area contributed by atoms with E-state index in [1.54, 1.807) is 19.3 Å². The molecule has 276 valence electrons. The molecule has 52 heavy (non-hydrogen) atoms. The molecule has 1 aromatic heterocycles. The number of halogens is 3. The number of carbonyl (C=O) groups excluding carboxylic acids is 3. The van der Waals surface area contributed by atoms with Gasteiger partial charge in [0, 0.05) is 69.9 Å². The second-order valence-corrected chi connectivity index (χ2v) is 15.4. The number of carbonyl (C=O) groups is 3. The molecule has 3 atom stereocenters. The Morgan fingerprint density at radius 2 is 1.63 bits per heavy atom. The van der Waals surface area contributed by atoms with Crippen LogP contribution in [0.1, 0.15) is 78.3 Å². The van der Waals surface area contributed by atoms with Gasteiger partial charge in [-0.15, -0.1) is 0 Å². The van der Waals surface area contributed by atoms with Crippen LogP contribution < -0.4 is 21.1 Å². The lowest BCUT2D eigenvalue weighted by Crippen LogP contribution is -2.48. The number of nitrogens with zero attached hydrogens (tertiary/aromatic N) is 5. The molecule has 4 saturated heterocycles. The third-order valence-corrected chi connectivity index (χ3v) is 12.0. The number of hydrogen-bond donors (Lipinski definition) is 2. The van der Waals surface area contributed by atoms with Crippen LogP contribution in [0.25, 0.3) is 0 Å². The number of piperidine rings is 4. The molecule has 11 nitrogen and oxygen atoms in total. The summed E-state index contributed by atoms with van der Waals surface area (Å²) in [6.07, 6.45) is 6.00. The number of aryl methyl sites for hydroxylation is 1. The SMILES string of the molecule is CN1C[C@@H](Nc2cnn(C)c(=O)c2Cl)C[C@@H](c2ccc(C(=O)N3CCC4(CC3)CCN(c3ccc(C5CCC(=O)NC5=O)c(F)c3F)CC4)cc2)C1. The first-order valence-corrected chi connectivity index (χ1v) is 18.4. The van der Waals surface area contributed by atoms with Crippen molar-refractivity contribution in [3.8, 4) is 0 Å². The number of imide groups is 1. The fourth-order valence-electron chi connectivity index (χ4n) is 8.54. The Bertz CT molecular complexity index is 1920. The number of nitrogens with one attached hydrogen (secondary N) is 2. The van der Waals surface area contributed by atoms with Gasteiger partial charge in [-0.05, 0) is 80.7 Å². The summed E-state index contributed by atoms with van der Waals surface area (Å²) in [5, 5.41) is 9.85. The zero-order valence-corrected chi connectivity index (χ0v) is 30.2. The van der Waals surface area contributed by atoms with Crippen molar-refractivity contribution in [2.45, 2.75) is 62.8 Å². The first-order chi connectivity index (χ1) is 24.9. The van der Waals surface area contributed by atoms with Gasteiger partial charge in [0.1, 0.15) is 5.02 Å². The van der Waals surface area contributed by atoms with Crippen molar-refractivity contribution < 1.29 is 23.2 Å².